The summed E-state index contributed by atoms with van der Waals surface area (Å²) < 4.78 is 5.34. The third-order valence-electron chi connectivity index (χ3n) is 2.89. The lowest BCUT2D eigenvalue weighted by molar-refractivity contribution is 0.0571. The molecule has 0 radical (unpaired) electrons. The van der Waals surface area contributed by atoms with Gasteiger partial charge in [0.05, 0.1) is 17.6 Å². The van der Waals surface area contributed by atoms with E-state index in [-0.39, 0.29) is 0 Å². The highest BCUT2D eigenvalue weighted by atomic mass is 32.2. The number of furan rings is 1. The third kappa shape index (κ3) is 3.58. The Balaban J connectivity index is 2.36. The van der Waals surface area contributed by atoms with E-state index in [2.05, 4.69) is 0 Å². The molecule has 0 aromatic carbocycles. The van der Waals surface area contributed by atoms with Gasteiger partial charge in [-0.1, -0.05) is 13.8 Å². The fourth-order valence-corrected chi connectivity index (χ4v) is 2.71. The minimum Gasteiger partial charge on any atom is -0.468 e. The van der Waals surface area contributed by atoms with Crippen molar-refractivity contribution < 1.29 is 9.52 Å². The maximum Gasteiger partial charge on any atom is 0.116 e. The summed E-state index contributed by atoms with van der Waals surface area (Å²) in [7, 11) is 0. The van der Waals surface area contributed by atoms with Gasteiger partial charge in [-0.25, -0.2) is 0 Å². The van der Waals surface area contributed by atoms with Gasteiger partial charge in [0.25, 0.3) is 0 Å². The lowest BCUT2D eigenvalue weighted by Gasteiger charge is -2.24. The molecule has 0 aliphatic rings. The Bertz CT molecular complexity index is 290. The largest absolute Gasteiger partial charge is 0.468 e. The number of aliphatic hydroxyl groups is 1. The summed E-state index contributed by atoms with van der Waals surface area (Å²) in [5.74, 6) is 2.65. The molecular formula is C12H20O2S. The molecule has 15 heavy (non-hydrogen) atoms. The van der Waals surface area contributed by atoms with Gasteiger partial charge in [0.1, 0.15) is 5.76 Å². The second kappa shape index (κ2) is 5.61. The van der Waals surface area contributed by atoms with E-state index in [1.165, 1.54) is 5.56 Å². The smallest absolute Gasteiger partial charge is 0.116 e. The third-order valence-corrected chi connectivity index (χ3v) is 4.10. The van der Waals surface area contributed by atoms with E-state index in [0.717, 1.165) is 30.1 Å². The molecule has 1 rings (SSSR count). The summed E-state index contributed by atoms with van der Waals surface area (Å²) in [6.45, 7) is 6.11. The molecule has 1 aromatic heterocycles. The van der Waals surface area contributed by atoms with E-state index >= 15 is 0 Å². The number of thioether (sulfide) groups is 1. The number of rotatable bonds is 6. The lowest BCUT2D eigenvalue weighted by Crippen LogP contribution is -2.29. The Morgan fingerprint density at radius 3 is 2.53 bits per heavy atom. The summed E-state index contributed by atoms with van der Waals surface area (Å²) in [5, 5.41) is 10.1. The molecule has 0 fully saturated rings. The fourth-order valence-electron chi connectivity index (χ4n) is 1.34. The Morgan fingerprint density at radius 2 is 2.07 bits per heavy atom. The van der Waals surface area contributed by atoms with E-state index in [4.69, 9.17) is 4.42 Å². The average molecular weight is 228 g/mol. The fraction of sp³-hybridized carbons (Fsp3) is 0.667. The molecule has 1 heterocycles. The molecule has 0 saturated heterocycles. The van der Waals surface area contributed by atoms with Crippen molar-refractivity contribution in [2.75, 3.05) is 5.75 Å². The zero-order chi connectivity index (χ0) is 11.3. The molecule has 0 saturated carbocycles. The van der Waals surface area contributed by atoms with Gasteiger partial charge < -0.3 is 9.52 Å². The standard InChI is InChI=1S/C12H20O2S/c1-4-12(13,5-2)9-15-8-11-10(3)6-7-14-11/h6-7,13H,4-5,8-9H2,1-3H3. The number of aryl methyl sites for hydroxylation is 1. The van der Waals surface area contributed by atoms with Crippen molar-refractivity contribution >= 4 is 11.8 Å². The molecule has 0 aliphatic heterocycles. The molecule has 0 atom stereocenters. The summed E-state index contributed by atoms with van der Waals surface area (Å²) >= 11 is 1.74. The zero-order valence-corrected chi connectivity index (χ0v) is 10.6. The number of hydrogen-bond acceptors (Lipinski definition) is 3. The summed E-state index contributed by atoms with van der Waals surface area (Å²) in [6.07, 6.45) is 3.35. The molecule has 1 aromatic rings. The second-order valence-corrected chi connectivity index (χ2v) is 4.94. The van der Waals surface area contributed by atoms with Crippen LogP contribution in [0.4, 0.5) is 0 Å². The number of hydrogen-bond donors (Lipinski definition) is 1. The zero-order valence-electron chi connectivity index (χ0n) is 9.75. The van der Waals surface area contributed by atoms with Gasteiger partial charge in [-0.2, -0.15) is 11.8 Å². The highest BCUT2D eigenvalue weighted by Gasteiger charge is 2.21. The first-order chi connectivity index (χ1) is 7.11. The van der Waals surface area contributed by atoms with E-state index < -0.39 is 5.60 Å². The van der Waals surface area contributed by atoms with Crippen molar-refractivity contribution in [2.45, 2.75) is 45.0 Å². The second-order valence-electron chi connectivity index (χ2n) is 3.95. The minimum absolute atomic E-state index is 0.509. The van der Waals surface area contributed by atoms with Crippen LogP contribution in [0.2, 0.25) is 0 Å². The van der Waals surface area contributed by atoms with Crippen LogP contribution in [-0.4, -0.2) is 16.5 Å². The Morgan fingerprint density at radius 1 is 1.40 bits per heavy atom. The molecule has 0 amide bonds. The monoisotopic (exact) mass is 228 g/mol. The SMILES string of the molecule is CCC(O)(CC)CSCc1occc1C. The Labute approximate surface area is 96.1 Å². The van der Waals surface area contributed by atoms with E-state index in [9.17, 15) is 5.11 Å². The van der Waals surface area contributed by atoms with Gasteiger partial charge in [-0.05, 0) is 31.4 Å². The highest BCUT2D eigenvalue weighted by Crippen LogP contribution is 2.24. The van der Waals surface area contributed by atoms with E-state index in [0.29, 0.717) is 0 Å². The van der Waals surface area contributed by atoms with Crippen LogP contribution in [0.5, 0.6) is 0 Å². The van der Waals surface area contributed by atoms with Gasteiger partial charge >= 0.3 is 0 Å². The van der Waals surface area contributed by atoms with Gasteiger partial charge in [0.15, 0.2) is 0 Å². The normalized spacial score (nSPS) is 12.0. The van der Waals surface area contributed by atoms with Gasteiger partial charge in [0, 0.05) is 5.75 Å². The molecule has 0 unspecified atom stereocenters. The van der Waals surface area contributed by atoms with Crippen molar-refractivity contribution in [2.24, 2.45) is 0 Å². The predicted octanol–water partition coefficient (Wildman–Crippen LogP) is 3.37. The van der Waals surface area contributed by atoms with Crippen molar-refractivity contribution in [3.63, 3.8) is 0 Å². The maximum absolute atomic E-state index is 10.1. The molecule has 0 aliphatic carbocycles. The summed E-state index contributed by atoms with van der Waals surface area (Å²) in [5.41, 5.74) is 0.685. The van der Waals surface area contributed by atoms with Gasteiger partial charge in [-0.15, -0.1) is 0 Å². The molecular weight excluding hydrogens is 208 g/mol. The van der Waals surface area contributed by atoms with Crippen LogP contribution in [0.25, 0.3) is 0 Å². The van der Waals surface area contributed by atoms with Crippen LogP contribution in [0.15, 0.2) is 16.7 Å². The molecule has 3 heteroatoms. The van der Waals surface area contributed by atoms with E-state index in [1.807, 2.05) is 26.8 Å². The van der Waals surface area contributed by atoms with Gasteiger partial charge in [0.2, 0.25) is 0 Å². The molecule has 2 nitrogen and oxygen atoms in total. The maximum atomic E-state index is 10.1. The van der Waals surface area contributed by atoms with E-state index in [1.54, 1.807) is 18.0 Å². The lowest BCUT2D eigenvalue weighted by atomic mass is 10.0. The highest BCUT2D eigenvalue weighted by molar-refractivity contribution is 7.98. The first-order valence-electron chi connectivity index (χ1n) is 5.44. The van der Waals surface area contributed by atoms with Crippen LogP contribution >= 0.6 is 11.8 Å². The minimum atomic E-state index is -0.509. The average Bonchev–Trinajstić information content (AvgIpc) is 2.64. The Kier molecular flexibility index (Phi) is 4.74. The van der Waals surface area contributed by atoms with Crippen molar-refractivity contribution in [3.05, 3.63) is 23.7 Å². The van der Waals surface area contributed by atoms with Crippen LogP contribution in [0.1, 0.15) is 38.0 Å². The molecule has 86 valence electrons. The van der Waals surface area contributed by atoms with Crippen LogP contribution in [0.3, 0.4) is 0 Å². The van der Waals surface area contributed by atoms with Crippen molar-refractivity contribution in [3.8, 4) is 0 Å². The molecule has 0 spiro atoms. The molecule has 1 N–H and O–H groups in total. The summed E-state index contributed by atoms with van der Waals surface area (Å²) in [6, 6.07) is 1.97. The molecule has 0 bridgehead atoms. The predicted molar refractivity (Wildman–Crippen MR) is 65.1 cm³/mol. The topological polar surface area (TPSA) is 33.4 Å². The van der Waals surface area contributed by atoms with Crippen molar-refractivity contribution in [1.29, 1.82) is 0 Å². The first-order valence-corrected chi connectivity index (χ1v) is 6.60. The first kappa shape index (κ1) is 12.7. The van der Waals surface area contributed by atoms with Crippen molar-refractivity contribution in [1.82, 2.24) is 0 Å². The Hall–Kier alpha value is -0.410. The van der Waals surface area contributed by atoms with Gasteiger partial charge in [-0.3, -0.25) is 0 Å². The van der Waals surface area contributed by atoms with Crippen LogP contribution < -0.4 is 0 Å². The summed E-state index contributed by atoms with van der Waals surface area (Å²) in [4.78, 5) is 0. The van der Waals surface area contributed by atoms with Crippen LogP contribution in [-0.2, 0) is 5.75 Å². The quantitative estimate of drug-likeness (QED) is 0.810. The van der Waals surface area contributed by atoms with Crippen LogP contribution in [0, 0.1) is 6.92 Å².